The third-order valence-electron chi connectivity index (χ3n) is 3.90. The number of halogens is 1. The molecule has 0 N–H and O–H groups in total. The number of aromatic nitrogens is 2. The second-order valence-electron chi connectivity index (χ2n) is 5.39. The van der Waals surface area contributed by atoms with Crippen molar-refractivity contribution >= 4 is 23.5 Å². The van der Waals surface area contributed by atoms with Crippen molar-refractivity contribution < 1.29 is 9.53 Å². The molecule has 3 rings (SSSR count). The lowest BCUT2D eigenvalue weighted by Crippen LogP contribution is -2.52. The molecule has 2 aliphatic rings. The Hall–Kier alpha value is -1.40. The van der Waals surface area contributed by atoms with Gasteiger partial charge in [-0.25, -0.2) is 9.97 Å². The van der Waals surface area contributed by atoms with Crippen LogP contribution in [0.2, 0.25) is 5.02 Å². The molecular formula is C14H19ClN4O2. The van der Waals surface area contributed by atoms with Gasteiger partial charge in [-0.05, 0) is 19.3 Å². The summed E-state index contributed by atoms with van der Waals surface area (Å²) in [6.07, 6.45) is 6.10. The highest BCUT2D eigenvalue weighted by Gasteiger charge is 2.31. The molecule has 3 heterocycles. The van der Waals surface area contributed by atoms with Crippen LogP contribution in [0.1, 0.15) is 19.3 Å². The van der Waals surface area contributed by atoms with E-state index < -0.39 is 6.10 Å². The zero-order valence-corrected chi connectivity index (χ0v) is 12.6. The van der Waals surface area contributed by atoms with Gasteiger partial charge < -0.3 is 14.5 Å². The second-order valence-corrected chi connectivity index (χ2v) is 5.83. The summed E-state index contributed by atoms with van der Waals surface area (Å²) in [7, 11) is 0. The van der Waals surface area contributed by atoms with E-state index in [1.807, 2.05) is 9.80 Å². The number of likely N-dealkylation sites (tertiary alicyclic amines) is 1. The Labute approximate surface area is 129 Å². The normalized spacial score (nSPS) is 23.2. The van der Waals surface area contributed by atoms with E-state index in [1.165, 1.54) is 6.42 Å². The standard InChI is InChI=1S/C14H19ClN4O2/c15-11-8-16-14(17-9-11)19-6-7-21-12(10-19)13(20)18-4-2-1-3-5-18/h8-9,12H,1-7,10H2. The van der Waals surface area contributed by atoms with Gasteiger partial charge in [0.1, 0.15) is 0 Å². The van der Waals surface area contributed by atoms with Crippen LogP contribution in [-0.2, 0) is 9.53 Å². The van der Waals surface area contributed by atoms with Crippen molar-refractivity contribution in [1.29, 1.82) is 0 Å². The molecule has 6 nitrogen and oxygen atoms in total. The van der Waals surface area contributed by atoms with Crippen LogP contribution in [0.5, 0.6) is 0 Å². The van der Waals surface area contributed by atoms with Crippen LogP contribution in [0.4, 0.5) is 5.95 Å². The fourth-order valence-electron chi connectivity index (χ4n) is 2.77. The maximum absolute atomic E-state index is 12.5. The molecule has 7 heteroatoms. The molecule has 2 saturated heterocycles. The van der Waals surface area contributed by atoms with Crippen molar-refractivity contribution in [2.45, 2.75) is 25.4 Å². The SMILES string of the molecule is O=C(C1CN(c2ncc(Cl)cn2)CCO1)N1CCCCC1. The number of hydrogen-bond acceptors (Lipinski definition) is 5. The average Bonchev–Trinajstić information content (AvgIpc) is 2.56. The molecule has 0 aliphatic carbocycles. The monoisotopic (exact) mass is 310 g/mol. The highest BCUT2D eigenvalue weighted by atomic mass is 35.5. The average molecular weight is 311 g/mol. The number of ether oxygens (including phenoxy) is 1. The molecule has 1 atom stereocenters. The van der Waals surface area contributed by atoms with Crippen LogP contribution in [0, 0.1) is 0 Å². The molecule has 1 unspecified atom stereocenters. The summed E-state index contributed by atoms with van der Waals surface area (Å²) < 4.78 is 5.65. The number of piperidine rings is 1. The molecule has 0 saturated carbocycles. The summed E-state index contributed by atoms with van der Waals surface area (Å²) in [4.78, 5) is 24.8. The van der Waals surface area contributed by atoms with E-state index in [4.69, 9.17) is 16.3 Å². The molecule has 0 spiro atoms. The minimum atomic E-state index is -0.420. The molecule has 21 heavy (non-hydrogen) atoms. The Bertz CT molecular complexity index is 490. The van der Waals surface area contributed by atoms with Gasteiger partial charge in [-0.2, -0.15) is 0 Å². The first-order valence-corrected chi connectivity index (χ1v) is 7.75. The molecule has 1 aromatic heterocycles. The first-order chi connectivity index (χ1) is 10.2. The summed E-state index contributed by atoms with van der Waals surface area (Å²) >= 11 is 5.80. The molecule has 1 amide bonds. The van der Waals surface area contributed by atoms with E-state index in [9.17, 15) is 4.79 Å². The number of rotatable bonds is 2. The number of nitrogens with zero attached hydrogens (tertiary/aromatic N) is 4. The van der Waals surface area contributed by atoms with E-state index in [0.717, 1.165) is 25.9 Å². The molecule has 1 aromatic rings. The van der Waals surface area contributed by atoms with Crippen molar-refractivity contribution in [1.82, 2.24) is 14.9 Å². The van der Waals surface area contributed by atoms with Crippen molar-refractivity contribution in [2.24, 2.45) is 0 Å². The number of morpholine rings is 1. The molecule has 0 radical (unpaired) electrons. The second kappa shape index (κ2) is 6.58. The quantitative estimate of drug-likeness (QED) is 0.825. The van der Waals surface area contributed by atoms with Crippen molar-refractivity contribution in [3.8, 4) is 0 Å². The number of carbonyl (C=O) groups is 1. The fourth-order valence-corrected chi connectivity index (χ4v) is 2.86. The van der Waals surface area contributed by atoms with Crippen LogP contribution in [0.25, 0.3) is 0 Å². The number of hydrogen-bond donors (Lipinski definition) is 0. The van der Waals surface area contributed by atoms with Crippen molar-refractivity contribution in [3.05, 3.63) is 17.4 Å². The molecular weight excluding hydrogens is 292 g/mol. The number of anilines is 1. The maximum Gasteiger partial charge on any atom is 0.253 e. The zero-order valence-electron chi connectivity index (χ0n) is 11.9. The predicted molar refractivity (Wildman–Crippen MR) is 79.4 cm³/mol. The largest absolute Gasteiger partial charge is 0.365 e. The lowest BCUT2D eigenvalue weighted by Gasteiger charge is -2.36. The molecule has 0 bridgehead atoms. The summed E-state index contributed by atoms with van der Waals surface area (Å²) in [5.74, 6) is 0.688. The van der Waals surface area contributed by atoms with Gasteiger partial charge in [0.2, 0.25) is 5.95 Å². The van der Waals surface area contributed by atoms with E-state index >= 15 is 0 Å². The van der Waals surface area contributed by atoms with Crippen molar-refractivity contribution in [3.63, 3.8) is 0 Å². The van der Waals surface area contributed by atoms with Gasteiger partial charge in [0.05, 0.1) is 30.6 Å². The van der Waals surface area contributed by atoms with Gasteiger partial charge in [0, 0.05) is 19.6 Å². The minimum Gasteiger partial charge on any atom is -0.365 e. The van der Waals surface area contributed by atoms with Gasteiger partial charge in [-0.15, -0.1) is 0 Å². The van der Waals surface area contributed by atoms with Crippen molar-refractivity contribution in [2.75, 3.05) is 37.7 Å². The third kappa shape index (κ3) is 3.44. The summed E-state index contributed by atoms with van der Waals surface area (Å²) in [5, 5.41) is 0.507. The van der Waals surface area contributed by atoms with Crippen LogP contribution < -0.4 is 4.90 Å². The number of carbonyl (C=O) groups excluding carboxylic acids is 1. The van der Waals surface area contributed by atoms with Gasteiger partial charge in [0.15, 0.2) is 6.10 Å². The molecule has 114 valence electrons. The Morgan fingerprint density at radius 2 is 1.90 bits per heavy atom. The van der Waals surface area contributed by atoms with Crippen LogP contribution >= 0.6 is 11.6 Å². The zero-order chi connectivity index (χ0) is 14.7. The van der Waals surface area contributed by atoms with Crippen LogP contribution in [0.3, 0.4) is 0 Å². The minimum absolute atomic E-state index is 0.0911. The van der Waals surface area contributed by atoms with E-state index in [-0.39, 0.29) is 5.91 Å². The lowest BCUT2D eigenvalue weighted by molar-refractivity contribution is -0.145. The smallest absolute Gasteiger partial charge is 0.253 e. The van der Waals surface area contributed by atoms with E-state index in [1.54, 1.807) is 12.4 Å². The number of amides is 1. The van der Waals surface area contributed by atoms with Gasteiger partial charge in [0.25, 0.3) is 5.91 Å². The summed E-state index contributed by atoms with van der Waals surface area (Å²) in [5.41, 5.74) is 0. The highest BCUT2D eigenvalue weighted by Crippen LogP contribution is 2.17. The van der Waals surface area contributed by atoms with Gasteiger partial charge in [-0.1, -0.05) is 11.6 Å². The highest BCUT2D eigenvalue weighted by molar-refractivity contribution is 6.30. The van der Waals surface area contributed by atoms with E-state index in [2.05, 4.69) is 9.97 Å². The molecule has 0 aromatic carbocycles. The maximum atomic E-state index is 12.5. The third-order valence-corrected chi connectivity index (χ3v) is 4.09. The van der Waals surface area contributed by atoms with Gasteiger partial charge >= 0.3 is 0 Å². The fraction of sp³-hybridized carbons (Fsp3) is 0.643. The Kier molecular flexibility index (Phi) is 4.55. The first kappa shape index (κ1) is 14.5. The Morgan fingerprint density at radius 1 is 1.19 bits per heavy atom. The lowest BCUT2D eigenvalue weighted by atomic mass is 10.1. The summed E-state index contributed by atoms with van der Waals surface area (Å²) in [6.45, 7) is 3.38. The first-order valence-electron chi connectivity index (χ1n) is 7.37. The topological polar surface area (TPSA) is 58.6 Å². The molecule has 2 aliphatic heterocycles. The Morgan fingerprint density at radius 3 is 2.62 bits per heavy atom. The van der Waals surface area contributed by atoms with Gasteiger partial charge in [-0.3, -0.25) is 4.79 Å². The Balaban J connectivity index is 1.64. The van der Waals surface area contributed by atoms with E-state index in [0.29, 0.717) is 30.7 Å². The molecule has 2 fully saturated rings. The summed E-state index contributed by atoms with van der Waals surface area (Å²) in [6, 6.07) is 0. The van der Waals surface area contributed by atoms with Crippen LogP contribution in [-0.4, -0.2) is 59.7 Å². The van der Waals surface area contributed by atoms with Crippen LogP contribution in [0.15, 0.2) is 12.4 Å². The predicted octanol–water partition coefficient (Wildman–Crippen LogP) is 1.35.